The third-order valence-electron chi connectivity index (χ3n) is 6.99. The molecule has 0 bridgehead atoms. The molecule has 1 aliphatic carbocycles. The van der Waals surface area contributed by atoms with E-state index in [-0.39, 0.29) is 0 Å². The van der Waals surface area contributed by atoms with Gasteiger partial charge >= 0.3 is 0 Å². The number of benzene rings is 3. The molecule has 30 heavy (non-hydrogen) atoms. The minimum absolute atomic E-state index is 0.746. The summed E-state index contributed by atoms with van der Waals surface area (Å²) in [6.07, 6.45) is 5.44. The van der Waals surface area contributed by atoms with Gasteiger partial charge in [-0.25, -0.2) is 0 Å². The Morgan fingerprint density at radius 1 is 0.767 bits per heavy atom. The van der Waals surface area contributed by atoms with Crippen molar-refractivity contribution in [3.8, 4) is 22.4 Å². The highest BCUT2D eigenvalue weighted by atomic mass is 14.9. The Morgan fingerprint density at radius 2 is 1.53 bits per heavy atom. The number of nitrogens with zero attached hydrogens (tertiary/aromatic N) is 1. The number of fused-ring (bicyclic) bond motifs is 1. The first kappa shape index (κ1) is 19.1. The number of hydrogen-bond acceptors (Lipinski definition) is 0. The molecular weight excluding hydrogens is 362 g/mol. The largest absolute Gasteiger partial charge is 0.220 e. The second-order valence-electron chi connectivity index (χ2n) is 8.92. The molecule has 0 saturated heterocycles. The molecule has 1 aliphatic rings. The van der Waals surface area contributed by atoms with E-state index in [9.17, 15) is 0 Å². The highest BCUT2D eigenvalue weighted by Gasteiger charge is 2.22. The first-order valence-electron chi connectivity index (χ1n) is 11.2. The minimum Gasteiger partial charge on any atom is -0.198 e. The Labute approximate surface area is 180 Å². The molecule has 0 N–H and O–H groups in total. The van der Waals surface area contributed by atoms with Crippen LogP contribution in [0.4, 0.5) is 0 Å². The van der Waals surface area contributed by atoms with Crippen molar-refractivity contribution in [1.82, 2.24) is 0 Å². The molecule has 3 aromatic carbocycles. The molecule has 1 heterocycles. The van der Waals surface area contributed by atoms with Crippen molar-refractivity contribution in [3.05, 3.63) is 89.6 Å². The Balaban J connectivity index is 1.71. The van der Waals surface area contributed by atoms with Crippen molar-refractivity contribution in [3.63, 3.8) is 0 Å². The van der Waals surface area contributed by atoms with Crippen LogP contribution < -0.4 is 4.57 Å². The fourth-order valence-corrected chi connectivity index (χ4v) is 5.12. The van der Waals surface area contributed by atoms with Gasteiger partial charge in [0.25, 0.3) is 0 Å². The van der Waals surface area contributed by atoms with E-state index in [2.05, 4.69) is 98.3 Å². The van der Waals surface area contributed by atoms with E-state index in [0.717, 1.165) is 5.92 Å². The van der Waals surface area contributed by atoms with Crippen molar-refractivity contribution >= 4 is 10.8 Å². The first-order valence-corrected chi connectivity index (χ1v) is 11.2. The lowest BCUT2D eigenvalue weighted by atomic mass is 9.91. The van der Waals surface area contributed by atoms with Gasteiger partial charge in [0.2, 0.25) is 5.69 Å². The zero-order valence-corrected chi connectivity index (χ0v) is 18.3. The van der Waals surface area contributed by atoms with E-state index >= 15 is 0 Å². The van der Waals surface area contributed by atoms with Crippen molar-refractivity contribution in [2.75, 3.05) is 0 Å². The maximum atomic E-state index is 2.46. The van der Waals surface area contributed by atoms with Crippen LogP contribution in [0.25, 0.3) is 33.2 Å². The van der Waals surface area contributed by atoms with Gasteiger partial charge in [-0.3, -0.25) is 0 Å². The summed E-state index contributed by atoms with van der Waals surface area (Å²) >= 11 is 0. The number of rotatable bonds is 3. The van der Waals surface area contributed by atoms with Crippen LogP contribution in [0.1, 0.15) is 48.4 Å². The van der Waals surface area contributed by atoms with Crippen molar-refractivity contribution in [1.29, 1.82) is 0 Å². The summed E-state index contributed by atoms with van der Waals surface area (Å²) in [5.74, 6) is 0.746. The molecule has 1 saturated carbocycles. The van der Waals surface area contributed by atoms with Gasteiger partial charge in [-0.1, -0.05) is 67.4 Å². The second kappa shape index (κ2) is 7.72. The lowest BCUT2D eigenvalue weighted by Crippen LogP contribution is -2.35. The van der Waals surface area contributed by atoms with Gasteiger partial charge in [-0.15, -0.1) is 0 Å². The zero-order chi connectivity index (χ0) is 20.7. The standard InChI is InChI=1S/C29H30N/c1-20-13-14-25(23-9-5-4-6-10-23)19-28(20)29-27-16-15-24(22-11-7-8-12-22)18-26(27)17-21(2)30(29)3/h4-6,9-10,13-19,22H,7-8,11-12H2,1-3H3/q+1. The lowest BCUT2D eigenvalue weighted by molar-refractivity contribution is -0.665. The second-order valence-corrected chi connectivity index (χ2v) is 8.92. The topological polar surface area (TPSA) is 3.88 Å². The van der Waals surface area contributed by atoms with Gasteiger partial charge in [-0.05, 0) is 65.5 Å². The number of aryl methyl sites for hydroxylation is 2. The molecule has 0 aliphatic heterocycles. The SMILES string of the molecule is Cc1ccc(-c2ccccc2)cc1-c1c2ccc(C3CCCC3)cc2cc(C)[n+]1C. The van der Waals surface area contributed by atoms with Gasteiger partial charge in [0.15, 0.2) is 5.69 Å². The van der Waals surface area contributed by atoms with E-state index in [0.29, 0.717) is 0 Å². The predicted molar refractivity (Wildman–Crippen MR) is 127 cm³/mol. The van der Waals surface area contributed by atoms with Gasteiger partial charge in [0.05, 0.1) is 10.9 Å². The third kappa shape index (κ3) is 3.33. The van der Waals surface area contributed by atoms with Crippen molar-refractivity contribution < 1.29 is 4.57 Å². The fourth-order valence-electron chi connectivity index (χ4n) is 5.12. The molecule has 1 heteroatoms. The Hall–Kier alpha value is -2.93. The Morgan fingerprint density at radius 3 is 2.30 bits per heavy atom. The number of hydrogen-bond donors (Lipinski definition) is 0. The van der Waals surface area contributed by atoms with E-state index in [1.54, 1.807) is 0 Å². The van der Waals surface area contributed by atoms with Crippen LogP contribution in [0.15, 0.2) is 72.8 Å². The summed E-state index contributed by atoms with van der Waals surface area (Å²) in [4.78, 5) is 0. The molecule has 0 spiro atoms. The van der Waals surface area contributed by atoms with Crippen LogP contribution in [-0.4, -0.2) is 0 Å². The Bertz CT molecular complexity index is 1210. The predicted octanol–water partition coefficient (Wildman–Crippen LogP) is 7.27. The maximum absolute atomic E-state index is 2.46. The monoisotopic (exact) mass is 392 g/mol. The summed E-state index contributed by atoms with van der Waals surface area (Å²) in [6, 6.07) is 27.1. The van der Waals surface area contributed by atoms with Crippen molar-refractivity contribution in [2.24, 2.45) is 7.05 Å². The van der Waals surface area contributed by atoms with Crippen molar-refractivity contribution in [2.45, 2.75) is 45.4 Å². The molecule has 150 valence electrons. The zero-order valence-electron chi connectivity index (χ0n) is 18.3. The van der Waals surface area contributed by atoms with Crippen LogP contribution in [0, 0.1) is 13.8 Å². The summed E-state index contributed by atoms with van der Waals surface area (Å²) in [7, 11) is 2.20. The molecule has 0 amide bonds. The highest BCUT2D eigenvalue weighted by molar-refractivity contribution is 5.95. The number of aromatic nitrogens is 1. The quantitative estimate of drug-likeness (QED) is 0.323. The van der Waals surface area contributed by atoms with Crippen LogP contribution in [0.5, 0.6) is 0 Å². The van der Waals surface area contributed by atoms with E-state index in [1.165, 1.54) is 75.7 Å². The van der Waals surface area contributed by atoms with Gasteiger partial charge in [0.1, 0.15) is 7.05 Å². The van der Waals surface area contributed by atoms with Crippen LogP contribution in [0.3, 0.4) is 0 Å². The normalized spacial score (nSPS) is 14.5. The molecule has 4 aromatic rings. The minimum atomic E-state index is 0.746. The van der Waals surface area contributed by atoms with Gasteiger partial charge in [0, 0.05) is 13.0 Å². The summed E-state index contributed by atoms with van der Waals surface area (Å²) < 4.78 is 2.36. The molecular formula is C29H30N+. The molecule has 0 unspecified atom stereocenters. The molecule has 0 radical (unpaired) electrons. The molecule has 1 aromatic heterocycles. The molecule has 5 rings (SSSR count). The summed E-state index contributed by atoms with van der Waals surface area (Å²) in [6.45, 7) is 4.45. The van der Waals surface area contributed by atoms with Crippen LogP contribution >= 0.6 is 0 Å². The maximum Gasteiger partial charge on any atom is 0.220 e. The average Bonchev–Trinajstić information content (AvgIpc) is 3.31. The lowest BCUT2D eigenvalue weighted by Gasteiger charge is -2.14. The average molecular weight is 393 g/mol. The van der Waals surface area contributed by atoms with Gasteiger partial charge in [-0.2, -0.15) is 4.57 Å². The number of pyridine rings is 1. The Kier molecular flexibility index (Phi) is 4.90. The molecule has 1 nitrogen and oxygen atoms in total. The van der Waals surface area contributed by atoms with Crippen LogP contribution in [-0.2, 0) is 7.05 Å². The van der Waals surface area contributed by atoms with Crippen LogP contribution in [0.2, 0.25) is 0 Å². The van der Waals surface area contributed by atoms with E-state index < -0.39 is 0 Å². The third-order valence-corrected chi connectivity index (χ3v) is 6.99. The van der Waals surface area contributed by atoms with E-state index in [1.807, 2.05) is 0 Å². The molecule has 1 fully saturated rings. The first-order chi connectivity index (χ1) is 14.6. The summed E-state index contributed by atoms with van der Waals surface area (Å²) in [5, 5.41) is 2.72. The highest BCUT2D eigenvalue weighted by Crippen LogP contribution is 2.37. The van der Waals surface area contributed by atoms with Gasteiger partial charge < -0.3 is 0 Å². The van der Waals surface area contributed by atoms with E-state index in [4.69, 9.17) is 0 Å². The smallest absolute Gasteiger partial charge is 0.198 e. The summed E-state index contributed by atoms with van der Waals surface area (Å²) in [5.41, 5.74) is 9.31. The molecule has 0 atom stereocenters. The fraction of sp³-hybridized carbons (Fsp3) is 0.276.